The highest BCUT2D eigenvalue weighted by Crippen LogP contribution is 2.33. The fourth-order valence-corrected chi connectivity index (χ4v) is 2.72. The van der Waals surface area contributed by atoms with Crippen LogP contribution in [0.1, 0.15) is 10.4 Å². The minimum absolute atomic E-state index is 0.127. The van der Waals surface area contributed by atoms with Gasteiger partial charge in [-0.15, -0.1) is 0 Å². The summed E-state index contributed by atoms with van der Waals surface area (Å²) in [6.07, 6.45) is 0. The predicted octanol–water partition coefficient (Wildman–Crippen LogP) is 3.85. The molecule has 0 aromatic heterocycles. The van der Waals surface area contributed by atoms with Gasteiger partial charge in [0, 0.05) is 17.2 Å². The summed E-state index contributed by atoms with van der Waals surface area (Å²) in [6, 6.07) is 7.75. The molecule has 0 aliphatic carbocycles. The molecule has 0 radical (unpaired) electrons. The molecule has 0 spiro atoms. The third-order valence-electron chi connectivity index (χ3n) is 3.57. The van der Waals surface area contributed by atoms with Crippen molar-refractivity contribution in [2.24, 2.45) is 0 Å². The van der Waals surface area contributed by atoms with Crippen molar-refractivity contribution < 1.29 is 23.8 Å². The van der Waals surface area contributed by atoms with E-state index in [1.54, 1.807) is 18.2 Å². The summed E-state index contributed by atoms with van der Waals surface area (Å²) < 4.78 is 15.2. The van der Waals surface area contributed by atoms with E-state index < -0.39 is 5.97 Å². The molecule has 0 atom stereocenters. The molecule has 9 heteroatoms. The first kappa shape index (κ1) is 20.7. The Morgan fingerprint density at radius 2 is 1.63 bits per heavy atom. The molecular weight excluding hydrogens is 395 g/mol. The second-order valence-electron chi connectivity index (χ2n) is 5.27. The molecule has 2 aromatic rings. The van der Waals surface area contributed by atoms with Gasteiger partial charge in [-0.1, -0.05) is 23.2 Å². The lowest BCUT2D eigenvalue weighted by atomic mass is 10.1. The summed E-state index contributed by atoms with van der Waals surface area (Å²) in [5, 5.41) is 6.32. The molecule has 0 bridgehead atoms. The first-order valence-electron chi connectivity index (χ1n) is 7.72. The second-order valence-corrected chi connectivity index (χ2v) is 6.11. The first-order chi connectivity index (χ1) is 12.9. The number of rotatable bonds is 7. The highest BCUT2D eigenvalue weighted by atomic mass is 35.5. The normalized spacial score (nSPS) is 10.1. The Morgan fingerprint density at radius 3 is 2.22 bits per heavy atom. The smallest absolute Gasteiger partial charge is 0.340 e. The van der Waals surface area contributed by atoms with Crippen LogP contribution in [-0.2, 0) is 9.53 Å². The number of carbonyl (C=O) groups is 2. The number of halogens is 2. The number of carbonyl (C=O) groups excluding carboxylic acids is 2. The highest BCUT2D eigenvalue weighted by molar-refractivity contribution is 6.36. The lowest BCUT2D eigenvalue weighted by molar-refractivity contribution is -0.114. The van der Waals surface area contributed by atoms with Crippen LogP contribution in [0, 0.1) is 0 Å². The zero-order valence-electron chi connectivity index (χ0n) is 14.9. The molecule has 27 heavy (non-hydrogen) atoms. The molecule has 0 saturated heterocycles. The fourth-order valence-electron chi connectivity index (χ4n) is 2.26. The van der Waals surface area contributed by atoms with Gasteiger partial charge in [0.2, 0.25) is 5.91 Å². The number of anilines is 2. The number of benzene rings is 2. The van der Waals surface area contributed by atoms with Crippen LogP contribution in [-0.4, -0.2) is 39.8 Å². The maximum absolute atomic E-state index is 12.2. The molecule has 0 aliphatic rings. The predicted molar refractivity (Wildman–Crippen MR) is 104 cm³/mol. The fraction of sp³-hybridized carbons (Fsp3) is 0.222. The Balaban J connectivity index is 2.17. The van der Waals surface area contributed by atoms with Crippen molar-refractivity contribution in [3.05, 3.63) is 45.9 Å². The van der Waals surface area contributed by atoms with E-state index in [2.05, 4.69) is 10.6 Å². The molecule has 2 N–H and O–H groups in total. The molecule has 1 amide bonds. The minimum Gasteiger partial charge on any atom is -0.493 e. The summed E-state index contributed by atoms with van der Waals surface area (Å²) in [5.41, 5.74) is 0.984. The summed E-state index contributed by atoms with van der Waals surface area (Å²) in [7, 11) is 4.18. The molecule has 0 aliphatic heterocycles. The summed E-state index contributed by atoms with van der Waals surface area (Å²) in [5.74, 6) is -0.195. The molecule has 7 nitrogen and oxygen atoms in total. The van der Waals surface area contributed by atoms with Crippen LogP contribution in [0.4, 0.5) is 11.4 Å². The lowest BCUT2D eigenvalue weighted by Crippen LogP contribution is -2.23. The van der Waals surface area contributed by atoms with Gasteiger partial charge in [-0.25, -0.2) is 4.79 Å². The Bertz CT molecular complexity index is 858. The van der Waals surface area contributed by atoms with Crippen molar-refractivity contribution in [2.75, 3.05) is 38.5 Å². The lowest BCUT2D eigenvalue weighted by Gasteiger charge is -2.15. The Hall–Kier alpha value is -2.64. The van der Waals surface area contributed by atoms with Gasteiger partial charge >= 0.3 is 5.97 Å². The summed E-state index contributed by atoms with van der Waals surface area (Å²) in [4.78, 5) is 24.2. The van der Waals surface area contributed by atoms with E-state index in [9.17, 15) is 9.59 Å². The van der Waals surface area contributed by atoms with E-state index in [4.69, 9.17) is 37.4 Å². The molecule has 0 heterocycles. The number of esters is 1. The quantitative estimate of drug-likeness (QED) is 0.671. The molecule has 0 fully saturated rings. The van der Waals surface area contributed by atoms with E-state index in [0.29, 0.717) is 32.9 Å². The van der Waals surface area contributed by atoms with Crippen molar-refractivity contribution in [1.29, 1.82) is 0 Å². The minimum atomic E-state index is -0.584. The maximum atomic E-state index is 12.2. The Morgan fingerprint density at radius 1 is 0.963 bits per heavy atom. The first-order valence-corrected chi connectivity index (χ1v) is 8.48. The molecule has 0 unspecified atom stereocenters. The van der Waals surface area contributed by atoms with Gasteiger partial charge in [0.15, 0.2) is 11.5 Å². The standard InChI is InChI=1S/C18H18Cl2N2O5/c1-25-15-7-11(18(24)27-3)14(8-16(15)26-2)21-9-17(23)22-13-5-4-10(19)6-12(13)20/h4-8,21H,9H2,1-3H3,(H,22,23). The largest absolute Gasteiger partial charge is 0.493 e. The van der Waals surface area contributed by atoms with E-state index in [1.165, 1.54) is 33.5 Å². The molecule has 2 rings (SSSR count). The number of hydrogen-bond donors (Lipinski definition) is 2. The van der Waals surface area contributed by atoms with Crippen molar-refractivity contribution in [3.63, 3.8) is 0 Å². The van der Waals surface area contributed by atoms with Crippen LogP contribution < -0.4 is 20.1 Å². The third kappa shape index (κ3) is 5.18. The van der Waals surface area contributed by atoms with Gasteiger partial charge in [0.05, 0.1) is 49.8 Å². The Labute approximate surface area is 166 Å². The van der Waals surface area contributed by atoms with Crippen LogP contribution in [0.3, 0.4) is 0 Å². The second kappa shape index (κ2) is 9.34. The maximum Gasteiger partial charge on any atom is 0.340 e. The number of nitrogens with one attached hydrogen (secondary N) is 2. The average Bonchev–Trinajstić information content (AvgIpc) is 2.67. The van der Waals surface area contributed by atoms with Gasteiger partial charge in [-0.05, 0) is 18.2 Å². The summed E-state index contributed by atoms with van der Waals surface area (Å²) >= 11 is 11.9. The molecule has 144 valence electrons. The van der Waals surface area contributed by atoms with E-state index >= 15 is 0 Å². The molecule has 0 saturated carbocycles. The van der Waals surface area contributed by atoms with Gasteiger partial charge in [-0.2, -0.15) is 0 Å². The van der Waals surface area contributed by atoms with Crippen LogP contribution in [0.2, 0.25) is 10.0 Å². The van der Waals surface area contributed by atoms with Gasteiger partial charge in [0.25, 0.3) is 0 Å². The number of ether oxygens (including phenoxy) is 3. The average molecular weight is 413 g/mol. The zero-order chi connectivity index (χ0) is 20.0. The van der Waals surface area contributed by atoms with Gasteiger partial charge < -0.3 is 24.8 Å². The van der Waals surface area contributed by atoms with E-state index in [-0.39, 0.29) is 18.0 Å². The van der Waals surface area contributed by atoms with Crippen molar-refractivity contribution >= 4 is 46.5 Å². The topological polar surface area (TPSA) is 85.9 Å². The number of methoxy groups -OCH3 is 3. The van der Waals surface area contributed by atoms with Crippen LogP contribution >= 0.6 is 23.2 Å². The van der Waals surface area contributed by atoms with E-state index in [1.807, 2.05) is 0 Å². The monoisotopic (exact) mass is 412 g/mol. The van der Waals surface area contributed by atoms with Crippen molar-refractivity contribution in [2.45, 2.75) is 0 Å². The van der Waals surface area contributed by atoms with Crippen LogP contribution in [0.25, 0.3) is 0 Å². The van der Waals surface area contributed by atoms with Crippen LogP contribution in [0.15, 0.2) is 30.3 Å². The van der Waals surface area contributed by atoms with Gasteiger partial charge in [0.1, 0.15) is 0 Å². The number of amides is 1. The number of hydrogen-bond acceptors (Lipinski definition) is 6. The third-order valence-corrected chi connectivity index (χ3v) is 4.12. The Kier molecular flexibility index (Phi) is 7.15. The van der Waals surface area contributed by atoms with Gasteiger partial charge in [-0.3, -0.25) is 4.79 Å². The SMILES string of the molecule is COC(=O)c1cc(OC)c(OC)cc1NCC(=O)Nc1ccc(Cl)cc1Cl. The zero-order valence-corrected chi connectivity index (χ0v) is 16.4. The molecule has 2 aromatic carbocycles. The highest BCUT2D eigenvalue weighted by Gasteiger charge is 2.18. The van der Waals surface area contributed by atoms with Crippen molar-refractivity contribution in [1.82, 2.24) is 0 Å². The van der Waals surface area contributed by atoms with Crippen LogP contribution in [0.5, 0.6) is 11.5 Å². The molecular formula is C18H18Cl2N2O5. The van der Waals surface area contributed by atoms with E-state index in [0.717, 1.165) is 0 Å². The summed E-state index contributed by atoms with van der Waals surface area (Å²) in [6.45, 7) is -0.127. The van der Waals surface area contributed by atoms with Crippen molar-refractivity contribution in [3.8, 4) is 11.5 Å².